The Bertz CT molecular complexity index is 350. The van der Waals surface area contributed by atoms with Gasteiger partial charge >= 0.3 is 0 Å². The van der Waals surface area contributed by atoms with Crippen molar-refractivity contribution < 1.29 is 9.32 Å². The van der Waals surface area contributed by atoms with Crippen LogP contribution >= 0.6 is 0 Å². The van der Waals surface area contributed by atoms with E-state index in [1.54, 1.807) is 4.90 Å². The lowest BCUT2D eigenvalue weighted by molar-refractivity contribution is -0.128. The number of hydrogen-bond acceptors (Lipinski definition) is 5. The molecule has 0 spiro atoms. The van der Waals surface area contributed by atoms with Crippen LogP contribution in [-0.2, 0) is 17.8 Å². The van der Waals surface area contributed by atoms with E-state index in [1.165, 1.54) is 0 Å². The van der Waals surface area contributed by atoms with Crippen molar-refractivity contribution in [2.75, 3.05) is 13.1 Å². The fourth-order valence-electron chi connectivity index (χ4n) is 1.62. The van der Waals surface area contributed by atoms with Gasteiger partial charge in [0.05, 0.1) is 6.54 Å². The standard InChI is InChI=1S/C9H14N4O2/c10-4-3-7-11-8(15-12-7)6-13-5-1-2-9(13)14/h1-6,10H2. The highest BCUT2D eigenvalue weighted by molar-refractivity contribution is 5.77. The molecule has 0 aliphatic carbocycles. The molecule has 0 saturated carbocycles. The SMILES string of the molecule is NCCc1noc(CN2CCCC2=O)n1. The van der Waals surface area contributed by atoms with E-state index < -0.39 is 0 Å². The predicted molar refractivity (Wildman–Crippen MR) is 51.7 cm³/mol. The first-order valence-electron chi connectivity index (χ1n) is 5.09. The first kappa shape index (κ1) is 10.1. The Labute approximate surface area is 87.4 Å². The van der Waals surface area contributed by atoms with Gasteiger partial charge in [-0.05, 0) is 13.0 Å². The van der Waals surface area contributed by atoms with Crippen LogP contribution in [0.15, 0.2) is 4.52 Å². The molecule has 0 unspecified atom stereocenters. The van der Waals surface area contributed by atoms with Crippen LogP contribution in [0.4, 0.5) is 0 Å². The van der Waals surface area contributed by atoms with Crippen LogP contribution in [0.2, 0.25) is 0 Å². The van der Waals surface area contributed by atoms with Crippen LogP contribution in [0, 0.1) is 0 Å². The molecule has 6 heteroatoms. The number of carbonyl (C=O) groups is 1. The summed E-state index contributed by atoms with van der Waals surface area (Å²) in [6, 6.07) is 0. The van der Waals surface area contributed by atoms with Gasteiger partial charge in [-0.1, -0.05) is 5.16 Å². The van der Waals surface area contributed by atoms with Crippen molar-refractivity contribution in [1.82, 2.24) is 15.0 Å². The lowest BCUT2D eigenvalue weighted by Crippen LogP contribution is -2.24. The van der Waals surface area contributed by atoms with E-state index in [1.807, 2.05) is 0 Å². The van der Waals surface area contributed by atoms with Crippen LogP contribution in [0.3, 0.4) is 0 Å². The predicted octanol–water partition coefficient (Wildman–Crippen LogP) is -0.307. The van der Waals surface area contributed by atoms with E-state index in [0.29, 0.717) is 37.6 Å². The summed E-state index contributed by atoms with van der Waals surface area (Å²) in [5.41, 5.74) is 5.37. The summed E-state index contributed by atoms with van der Waals surface area (Å²) in [4.78, 5) is 17.2. The van der Waals surface area contributed by atoms with Crippen molar-refractivity contribution in [3.05, 3.63) is 11.7 Å². The monoisotopic (exact) mass is 210 g/mol. The summed E-state index contributed by atoms with van der Waals surface area (Å²) in [6.07, 6.45) is 2.16. The molecule has 82 valence electrons. The molecule has 1 saturated heterocycles. The summed E-state index contributed by atoms with van der Waals surface area (Å²) in [5, 5.41) is 3.77. The normalized spacial score (nSPS) is 16.3. The van der Waals surface area contributed by atoms with Gasteiger partial charge in [-0.3, -0.25) is 4.79 Å². The second-order valence-corrected chi connectivity index (χ2v) is 3.56. The van der Waals surface area contributed by atoms with Crippen LogP contribution < -0.4 is 5.73 Å². The summed E-state index contributed by atoms with van der Waals surface area (Å²) in [5.74, 6) is 1.27. The third-order valence-electron chi connectivity index (χ3n) is 2.38. The molecule has 1 aliphatic heterocycles. The zero-order valence-corrected chi connectivity index (χ0v) is 8.48. The highest BCUT2D eigenvalue weighted by atomic mass is 16.5. The molecule has 2 rings (SSSR count). The molecule has 1 aliphatic rings. The zero-order chi connectivity index (χ0) is 10.7. The first-order valence-corrected chi connectivity index (χ1v) is 5.09. The van der Waals surface area contributed by atoms with Gasteiger partial charge in [-0.25, -0.2) is 0 Å². The second-order valence-electron chi connectivity index (χ2n) is 3.56. The first-order chi connectivity index (χ1) is 7.29. The molecule has 1 fully saturated rings. The van der Waals surface area contributed by atoms with Crippen molar-refractivity contribution in [3.8, 4) is 0 Å². The summed E-state index contributed by atoms with van der Waals surface area (Å²) < 4.78 is 5.02. The molecular weight excluding hydrogens is 196 g/mol. The number of nitrogens with two attached hydrogens (primary N) is 1. The van der Waals surface area contributed by atoms with Crippen molar-refractivity contribution in [2.45, 2.75) is 25.8 Å². The molecule has 1 amide bonds. The molecular formula is C9H14N4O2. The fraction of sp³-hybridized carbons (Fsp3) is 0.667. The molecule has 0 radical (unpaired) electrons. The largest absolute Gasteiger partial charge is 0.337 e. The fourth-order valence-corrected chi connectivity index (χ4v) is 1.62. The van der Waals surface area contributed by atoms with E-state index in [4.69, 9.17) is 10.3 Å². The van der Waals surface area contributed by atoms with E-state index >= 15 is 0 Å². The number of amides is 1. The number of carbonyl (C=O) groups excluding carboxylic acids is 1. The lowest BCUT2D eigenvalue weighted by atomic mass is 10.4. The molecule has 0 bridgehead atoms. The summed E-state index contributed by atoms with van der Waals surface area (Å²) in [6.45, 7) is 1.71. The average molecular weight is 210 g/mol. The second kappa shape index (κ2) is 4.39. The molecule has 2 N–H and O–H groups in total. The van der Waals surface area contributed by atoms with Crippen LogP contribution in [0.25, 0.3) is 0 Å². The number of hydrogen-bond donors (Lipinski definition) is 1. The molecule has 0 aromatic carbocycles. The van der Waals surface area contributed by atoms with Crippen molar-refractivity contribution in [3.63, 3.8) is 0 Å². The quantitative estimate of drug-likeness (QED) is 0.737. The van der Waals surface area contributed by atoms with Gasteiger partial charge < -0.3 is 15.2 Å². The van der Waals surface area contributed by atoms with Crippen LogP contribution in [-0.4, -0.2) is 34.0 Å². The topological polar surface area (TPSA) is 85.2 Å². The molecule has 1 aromatic rings. The highest BCUT2D eigenvalue weighted by Crippen LogP contribution is 2.12. The molecule has 1 aromatic heterocycles. The Kier molecular flexibility index (Phi) is 2.96. The molecule has 6 nitrogen and oxygen atoms in total. The van der Waals surface area contributed by atoms with Gasteiger partial charge in [0.1, 0.15) is 0 Å². The molecule has 2 heterocycles. The Hall–Kier alpha value is -1.43. The number of rotatable bonds is 4. The van der Waals surface area contributed by atoms with E-state index in [0.717, 1.165) is 13.0 Å². The Balaban J connectivity index is 1.95. The summed E-state index contributed by atoms with van der Waals surface area (Å²) >= 11 is 0. The van der Waals surface area contributed by atoms with E-state index in [9.17, 15) is 4.79 Å². The number of nitrogens with zero attached hydrogens (tertiary/aromatic N) is 3. The van der Waals surface area contributed by atoms with Crippen LogP contribution in [0.1, 0.15) is 24.6 Å². The van der Waals surface area contributed by atoms with Crippen LogP contribution in [0.5, 0.6) is 0 Å². The summed E-state index contributed by atoms with van der Waals surface area (Å²) in [7, 11) is 0. The molecule has 15 heavy (non-hydrogen) atoms. The Morgan fingerprint density at radius 2 is 2.40 bits per heavy atom. The minimum absolute atomic E-state index is 0.161. The van der Waals surface area contributed by atoms with Gasteiger partial charge in [-0.2, -0.15) is 4.98 Å². The Morgan fingerprint density at radius 1 is 1.53 bits per heavy atom. The number of likely N-dealkylation sites (tertiary alicyclic amines) is 1. The maximum atomic E-state index is 11.3. The van der Waals surface area contributed by atoms with Gasteiger partial charge in [0.25, 0.3) is 0 Å². The van der Waals surface area contributed by atoms with Gasteiger partial charge in [0.2, 0.25) is 11.8 Å². The van der Waals surface area contributed by atoms with Crippen molar-refractivity contribution >= 4 is 5.91 Å². The third kappa shape index (κ3) is 2.33. The van der Waals surface area contributed by atoms with Gasteiger partial charge in [0, 0.05) is 19.4 Å². The van der Waals surface area contributed by atoms with Gasteiger partial charge in [-0.15, -0.1) is 0 Å². The maximum absolute atomic E-state index is 11.3. The van der Waals surface area contributed by atoms with Crippen molar-refractivity contribution in [2.24, 2.45) is 5.73 Å². The zero-order valence-electron chi connectivity index (χ0n) is 8.48. The van der Waals surface area contributed by atoms with E-state index in [-0.39, 0.29) is 5.91 Å². The smallest absolute Gasteiger partial charge is 0.246 e. The maximum Gasteiger partial charge on any atom is 0.246 e. The minimum Gasteiger partial charge on any atom is -0.337 e. The average Bonchev–Trinajstić information content (AvgIpc) is 2.79. The molecule has 0 atom stereocenters. The van der Waals surface area contributed by atoms with Crippen molar-refractivity contribution in [1.29, 1.82) is 0 Å². The Morgan fingerprint density at radius 3 is 3.07 bits per heavy atom. The number of aromatic nitrogens is 2. The lowest BCUT2D eigenvalue weighted by Gasteiger charge is -2.11. The van der Waals surface area contributed by atoms with E-state index in [2.05, 4.69) is 10.1 Å². The third-order valence-corrected chi connectivity index (χ3v) is 2.38. The van der Waals surface area contributed by atoms with Gasteiger partial charge in [0.15, 0.2) is 5.82 Å². The minimum atomic E-state index is 0.161. The highest BCUT2D eigenvalue weighted by Gasteiger charge is 2.22.